The fourth-order valence-corrected chi connectivity index (χ4v) is 8.30. The molecule has 8 aromatic carbocycles. The predicted octanol–water partition coefficient (Wildman–Crippen LogP) is 13.6. The first-order chi connectivity index (χ1) is 32.5. The zero-order valence-electron chi connectivity index (χ0n) is 36.2. The second-order valence-corrected chi connectivity index (χ2v) is 16.2. The van der Waals surface area contributed by atoms with Crippen LogP contribution in [0.4, 0.5) is 0 Å². The van der Waals surface area contributed by atoms with Gasteiger partial charge < -0.3 is 0 Å². The van der Waals surface area contributed by atoms with E-state index < -0.39 is 0 Å². The molecule has 0 N–H and O–H groups in total. The van der Waals surface area contributed by atoms with Gasteiger partial charge in [0.25, 0.3) is 0 Å². The molecule has 0 aliphatic rings. The molecule has 66 heavy (non-hydrogen) atoms. The molecule has 0 spiro atoms. The van der Waals surface area contributed by atoms with Gasteiger partial charge >= 0.3 is 0 Å². The lowest BCUT2D eigenvalue weighted by molar-refractivity contribution is 1.06. The summed E-state index contributed by atoms with van der Waals surface area (Å²) in [5, 5.41) is 2.27. The third-order valence-electron chi connectivity index (χ3n) is 11.5. The first-order valence-electron chi connectivity index (χ1n) is 21.8. The normalized spacial score (nSPS) is 11.2. The van der Waals surface area contributed by atoms with Crippen molar-refractivity contribution in [3.63, 3.8) is 0 Å². The molecule has 0 unspecified atom stereocenters. The van der Waals surface area contributed by atoms with Crippen LogP contribution < -0.4 is 0 Å². The van der Waals surface area contributed by atoms with E-state index in [0.29, 0.717) is 40.8 Å². The van der Waals surface area contributed by atoms with E-state index in [2.05, 4.69) is 103 Å². The van der Waals surface area contributed by atoms with Crippen LogP contribution in [0.1, 0.15) is 11.4 Å². The highest BCUT2D eigenvalue weighted by molar-refractivity contribution is 5.90. The maximum atomic E-state index is 5.15. The van der Waals surface area contributed by atoms with Crippen molar-refractivity contribution >= 4 is 10.8 Å². The van der Waals surface area contributed by atoms with Crippen LogP contribution in [0.15, 0.2) is 206 Å². The van der Waals surface area contributed by atoms with Gasteiger partial charge in [-0.2, -0.15) is 0 Å². The van der Waals surface area contributed by atoms with Gasteiger partial charge in [-0.15, -0.1) is 0 Å². The van der Waals surface area contributed by atoms with Crippen LogP contribution in [0.3, 0.4) is 0 Å². The van der Waals surface area contributed by atoms with Crippen LogP contribution in [0, 0.1) is 13.8 Å². The summed E-state index contributed by atoms with van der Waals surface area (Å²) in [5.74, 6) is 4.25. The molecule has 8 nitrogen and oxygen atoms in total. The average molecular weight is 849 g/mol. The van der Waals surface area contributed by atoms with Crippen LogP contribution in [0.25, 0.3) is 113 Å². The number of benzene rings is 8. The summed E-state index contributed by atoms with van der Waals surface area (Å²) >= 11 is 0. The van der Waals surface area contributed by atoms with E-state index in [-0.39, 0.29) is 0 Å². The third-order valence-corrected chi connectivity index (χ3v) is 11.5. The fraction of sp³-hybridized carbons (Fsp3) is 0.0345. The molecule has 0 amide bonds. The van der Waals surface area contributed by atoms with Crippen molar-refractivity contribution < 1.29 is 0 Å². The number of hydrogen-bond donors (Lipinski definition) is 0. The molecule has 8 heteroatoms. The fourth-order valence-electron chi connectivity index (χ4n) is 8.30. The minimum absolute atomic E-state index is 0.574. The number of aryl methyl sites for hydroxylation is 2. The van der Waals surface area contributed by atoms with E-state index in [9.17, 15) is 0 Å². The Labute approximate surface area is 382 Å². The summed E-state index contributed by atoms with van der Waals surface area (Å²) in [4.78, 5) is 40.0. The lowest BCUT2D eigenvalue weighted by Gasteiger charge is -2.15. The van der Waals surface area contributed by atoms with Gasteiger partial charge in [-0.25, -0.2) is 39.9 Å². The number of nitrogens with zero attached hydrogens (tertiary/aromatic N) is 8. The standard InChI is InChI=1S/C58H40N8/c1-37-32-38(2)60-55(59-37)49-30-31-50(44-24-14-26-46(34-44)56-62-52(40-17-6-3-7-18-40)61-53(63-56)41-19-8-4-9-20-41)51(36-49)45-25-15-27-47(35-45)57-64-54(42-21-10-5-11-22-42)65-58(66-57)48-29-28-39-16-12-13-23-43(39)33-48/h3-36H,1-2H3. The highest BCUT2D eigenvalue weighted by Gasteiger charge is 2.18. The maximum absolute atomic E-state index is 5.15. The summed E-state index contributed by atoms with van der Waals surface area (Å²) in [7, 11) is 0. The molecule has 11 rings (SSSR count). The van der Waals surface area contributed by atoms with E-state index in [1.54, 1.807) is 0 Å². The van der Waals surface area contributed by atoms with E-state index in [4.69, 9.17) is 39.9 Å². The molecule has 0 saturated heterocycles. The molecule has 3 aromatic heterocycles. The minimum Gasteiger partial charge on any atom is -0.233 e. The minimum atomic E-state index is 0.574. The van der Waals surface area contributed by atoms with Crippen molar-refractivity contribution in [1.82, 2.24) is 39.9 Å². The molecule has 3 heterocycles. The zero-order chi connectivity index (χ0) is 44.4. The summed E-state index contributed by atoms with van der Waals surface area (Å²) in [5.41, 5.74) is 12.1. The second-order valence-electron chi connectivity index (χ2n) is 16.2. The second kappa shape index (κ2) is 17.4. The van der Waals surface area contributed by atoms with Crippen molar-refractivity contribution in [2.24, 2.45) is 0 Å². The number of rotatable bonds is 9. The first kappa shape index (κ1) is 39.9. The summed E-state index contributed by atoms with van der Waals surface area (Å²) in [6.45, 7) is 4.00. The Hall–Kier alpha value is -8.88. The largest absolute Gasteiger partial charge is 0.233 e. The molecule has 0 bridgehead atoms. The van der Waals surface area contributed by atoms with Crippen LogP contribution in [-0.2, 0) is 0 Å². The van der Waals surface area contributed by atoms with Crippen molar-refractivity contribution in [3.05, 3.63) is 218 Å². The van der Waals surface area contributed by atoms with Crippen LogP contribution in [0.5, 0.6) is 0 Å². The molecule has 0 aliphatic carbocycles. The zero-order valence-corrected chi connectivity index (χ0v) is 36.2. The van der Waals surface area contributed by atoms with Gasteiger partial charge in [0.1, 0.15) is 0 Å². The molecule has 0 radical (unpaired) electrons. The first-order valence-corrected chi connectivity index (χ1v) is 21.8. The van der Waals surface area contributed by atoms with E-state index in [0.717, 1.165) is 83.4 Å². The molecular formula is C58H40N8. The molecule has 0 fully saturated rings. The summed E-state index contributed by atoms with van der Waals surface area (Å²) in [6, 6.07) is 70.0. The Bertz CT molecular complexity index is 3480. The smallest absolute Gasteiger partial charge is 0.164 e. The van der Waals surface area contributed by atoms with Crippen LogP contribution >= 0.6 is 0 Å². The van der Waals surface area contributed by atoms with Gasteiger partial charge in [-0.05, 0) is 77.2 Å². The monoisotopic (exact) mass is 848 g/mol. The Morgan fingerprint density at radius 1 is 0.212 bits per heavy atom. The van der Waals surface area contributed by atoms with E-state index in [1.807, 2.05) is 117 Å². The summed E-state index contributed by atoms with van der Waals surface area (Å²) < 4.78 is 0. The van der Waals surface area contributed by atoms with Gasteiger partial charge in [-0.3, -0.25) is 0 Å². The highest BCUT2D eigenvalue weighted by Crippen LogP contribution is 2.39. The van der Waals surface area contributed by atoms with Gasteiger partial charge in [0.2, 0.25) is 0 Å². The van der Waals surface area contributed by atoms with Crippen molar-refractivity contribution in [1.29, 1.82) is 0 Å². The Morgan fingerprint density at radius 2 is 0.561 bits per heavy atom. The van der Waals surface area contributed by atoms with Gasteiger partial charge in [0, 0.05) is 50.3 Å². The van der Waals surface area contributed by atoms with Gasteiger partial charge in [-0.1, -0.05) is 176 Å². The van der Waals surface area contributed by atoms with E-state index >= 15 is 0 Å². The molecule has 0 aliphatic heterocycles. The van der Waals surface area contributed by atoms with E-state index in [1.165, 1.54) is 0 Å². The topological polar surface area (TPSA) is 103 Å². The molecule has 11 aromatic rings. The SMILES string of the molecule is Cc1cc(C)nc(-c2ccc(-c3cccc(-c4nc(-c5ccccc5)nc(-c5ccccc5)n4)c3)c(-c3cccc(-c4nc(-c5ccccc5)nc(-c5ccc6ccccc6c5)n4)c3)c2)n1. The quantitative estimate of drug-likeness (QED) is 0.141. The van der Waals surface area contributed by atoms with Gasteiger partial charge in [0.15, 0.2) is 40.8 Å². The van der Waals surface area contributed by atoms with Crippen LogP contribution in [-0.4, -0.2) is 39.9 Å². The van der Waals surface area contributed by atoms with Crippen LogP contribution in [0.2, 0.25) is 0 Å². The number of hydrogen-bond acceptors (Lipinski definition) is 8. The maximum Gasteiger partial charge on any atom is 0.164 e. The van der Waals surface area contributed by atoms with Gasteiger partial charge in [0.05, 0.1) is 0 Å². The average Bonchev–Trinajstić information content (AvgIpc) is 3.38. The summed E-state index contributed by atoms with van der Waals surface area (Å²) in [6.07, 6.45) is 0. The number of aromatic nitrogens is 8. The Morgan fingerprint density at radius 3 is 1.06 bits per heavy atom. The third kappa shape index (κ3) is 8.22. The van der Waals surface area contributed by atoms with Crippen molar-refractivity contribution in [2.45, 2.75) is 13.8 Å². The molecular weight excluding hydrogens is 809 g/mol. The highest BCUT2D eigenvalue weighted by atomic mass is 15.0. The lowest BCUT2D eigenvalue weighted by Crippen LogP contribution is -2.00. The Balaban J connectivity index is 1.06. The molecule has 0 saturated carbocycles. The Kier molecular flexibility index (Phi) is 10.5. The lowest BCUT2D eigenvalue weighted by atomic mass is 9.91. The van der Waals surface area contributed by atoms with Crippen molar-refractivity contribution in [3.8, 4) is 102 Å². The predicted molar refractivity (Wildman–Crippen MR) is 265 cm³/mol. The molecule has 0 atom stereocenters. The van der Waals surface area contributed by atoms with Crippen molar-refractivity contribution in [2.75, 3.05) is 0 Å². The number of fused-ring (bicyclic) bond motifs is 1. The molecule has 312 valence electrons.